The SMILES string of the molecule is COC(=O)C1CCCN1C(=O)OC(C)(C)C.COc1ccc2nc(C)c(OC)nc2c1. The van der Waals surface area contributed by atoms with Crippen LogP contribution in [-0.2, 0) is 14.3 Å². The minimum atomic E-state index is -0.541. The number of aryl methyl sites for hydroxylation is 1. The molecule has 0 N–H and O–H groups in total. The number of nitrogens with zero attached hydrogens (tertiary/aromatic N) is 3. The van der Waals surface area contributed by atoms with E-state index in [0.717, 1.165) is 28.9 Å². The largest absolute Gasteiger partial charge is 0.497 e. The summed E-state index contributed by atoms with van der Waals surface area (Å²) in [4.78, 5) is 33.4. The molecule has 1 aliphatic heterocycles. The van der Waals surface area contributed by atoms with E-state index in [2.05, 4.69) is 14.7 Å². The Hall–Kier alpha value is -3.10. The van der Waals surface area contributed by atoms with Gasteiger partial charge >= 0.3 is 12.1 Å². The summed E-state index contributed by atoms with van der Waals surface area (Å²) in [7, 11) is 4.54. The minimum Gasteiger partial charge on any atom is -0.497 e. The Morgan fingerprint density at radius 2 is 1.77 bits per heavy atom. The molecule has 0 aliphatic carbocycles. The van der Waals surface area contributed by atoms with Crippen LogP contribution < -0.4 is 9.47 Å². The zero-order valence-corrected chi connectivity index (χ0v) is 19.2. The molecule has 1 aromatic heterocycles. The number of amides is 1. The summed E-state index contributed by atoms with van der Waals surface area (Å²) < 4.78 is 20.1. The number of likely N-dealkylation sites (tertiary alicyclic amines) is 1. The first-order chi connectivity index (χ1) is 14.6. The molecule has 1 aliphatic rings. The highest BCUT2D eigenvalue weighted by Crippen LogP contribution is 2.22. The van der Waals surface area contributed by atoms with E-state index in [9.17, 15) is 9.59 Å². The summed E-state index contributed by atoms with van der Waals surface area (Å²) in [6.45, 7) is 7.82. The second kappa shape index (κ2) is 10.3. The van der Waals surface area contributed by atoms with Gasteiger partial charge in [-0.15, -0.1) is 0 Å². The first kappa shape index (κ1) is 24.2. The van der Waals surface area contributed by atoms with Crippen LogP contribution in [0.2, 0.25) is 0 Å². The van der Waals surface area contributed by atoms with Crippen molar-refractivity contribution in [3.8, 4) is 11.6 Å². The molecule has 9 nitrogen and oxygen atoms in total. The lowest BCUT2D eigenvalue weighted by Gasteiger charge is -2.27. The number of aromatic nitrogens is 2. The molecule has 0 saturated carbocycles. The van der Waals surface area contributed by atoms with Crippen LogP contribution in [0.15, 0.2) is 18.2 Å². The van der Waals surface area contributed by atoms with E-state index in [1.807, 2.05) is 25.1 Å². The first-order valence-electron chi connectivity index (χ1n) is 10.0. The molecule has 0 bridgehead atoms. The number of fused-ring (bicyclic) bond motifs is 1. The lowest BCUT2D eigenvalue weighted by atomic mass is 10.2. The summed E-state index contributed by atoms with van der Waals surface area (Å²) in [6, 6.07) is 5.10. The van der Waals surface area contributed by atoms with Crippen LogP contribution in [0.3, 0.4) is 0 Å². The van der Waals surface area contributed by atoms with Gasteiger partial charge in [0.05, 0.1) is 32.4 Å². The molecule has 1 amide bonds. The van der Waals surface area contributed by atoms with Gasteiger partial charge in [-0.3, -0.25) is 4.90 Å². The Morgan fingerprint density at radius 3 is 2.35 bits per heavy atom. The summed E-state index contributed by atoms with van der Waals surface area (Å²) in [6.07, 6.45) is 1.01. The highest BCUT2D eigenvalue weighted by atomic mass is 16.6. The van der Waals surface area contributed by atoms with Crippen LogP contribution in [0.5, 0.6) is 11.6 Å². The highest BCUT2D eigenvalue weighted by Gasteiger charge is 2.37. The molecular formula is C22H31N3O6. The molecule has 1 saturated heterocycles. The molecule has 9 heteroatoms. The number of hydrogen-bond acceptors (Lipinski definition) is 8. The number of ether oxygens (including phenoxy) is 4. The van der Waals surface area contributed by atoms with Crippen molar-refractivity contribution in [3.05, 3.63) is 23.9 Å². The smallest absolute Gasteiger partial charge is 0.411 e. The minimum absolute atomic E-state index is 0.372. The number of hydrogen-bond donors (Lipinski definition) is 0. The third kappa shape index (κ3) is 6.44. The lowest BCUT2D eigenvalue weighted by molar-refractivity contribution is -0.145. The van der Waals surface area contributed by atoms with Gasteiger partial charge in [-0.05, 0) is 52.7 Å². The van der Waals surface area contributed by atoms with Gasteiger partial charge in [-0.1, -0.05) is 0 Å². The fourth-order valence-electron chi connectivity index (χ4n) is 3.11. The molecule has 1 aromatic carbocycles. The number of benzene rings is 1. The lowest BCUT2D eigenvalue weighted by Crippen LogP contribution is -2.43. The third-order valence-corrected chi connectivity index (χ3v) is 4.55. The van der Waals surface area contributed by atoms with E-state index in [0.29, 0.717) is 18.8 Å². The average Bonchev–Trinajstić information content (AvgIpc) is 3.22. The predicted molar refractivity (Wildman–Crippen MR) is 115 cm³/mol. The van der Waals surface area contributed by atoms with Crippen molar-refractivity contribution in [1.29, 1.82) is 0 Å². The van der Waals surface area contributed by atoms with Gasteiger partial charge in [-0.25, -0.2) is 19.6 Å². The maximum atomic E-state index is 11.8. The Balaban J connectivity index is 0.000000220. The van der Waals surface area contributed by atoms with Gasteiger partial charge in [0.1, 0.15) is 23.1 Å². The first-order valence-corrected chi connectivity index (χ1v) is 10.0. The van der Waals surface area contributed by atoms with Gasteiger partial charge in [0.2, 0.25) is 5.88 Å². The number of carbonyl (C=O) groups excluding carboxylic acids is 2. The fourth-order valence-corrected chi connectivity index (χ4v) is 3.11. The molecule has 1 atom stereocenters. The monoisotopic (exact) mass is 433 g/mol. The Morgan fingerprint density at radius 1 is 1.06 bits per heavy atom. The molecular weight excluding hydrogens is 402 g/mol. The molecule has 1 fully saturated rings. The number of rotatable bonds is 3. The Kier molecular flexibility index (Phi) is 8.01. The van der Waals surface area contributed by atoms with Crippen LogP contribution in [-0.4, -0.2) is 66.4 Å². The number of carbonyl (C=O) groups is 2. The second-order valence-electron chi connectivity index (χ2n) is 8.03. The highest BCUT2D eigenvalue weighted by molar-refractivity contribution is 5.82. The topological polar surface area (TPSA) is 100 Å². The van der Waals surface area contributed by atoms with Crippen LogP contribution >= 0.6 is 0 Å². The third-order valence-electron chi connectivity index (χ3n) is 4.55. The maximum Gasteiger partial charge on any atom is 0.411 e. The summed E-state index contributed by atoms with van der Waals surface area (Å²) in [5.41, 5.74) is 1.86. The van der Waals surface area contributed by atoms with Crippen molar-refractivity contribution in [1.82, 2.24) is 14.9 Å². The number of esters is 1. The summed E-state index contributed by atoms with van der Waals surface area (Å²) in [5.74, 6) is 0.946. The van der Waals surface area contributed by atoms with E-state index in [4.69, 9.17) is 14.2 Å². The summed E-state index contributed by atoms with van der Waals surface area (Å²) >= 11 is 0. The number of methoxy groups -OCH3 is 3. The normalized spacial score (nSPS) is 15.7. The molecule has 170 valence electrons. The molecule has 3 rings (SSSR count). The van der Waals surface area contributed by atoms with Crippen molar-refractivity contribution in [3.63, 3.8) is 0 Å². The molecule has 2 heterocycles. The van der Waals surface area contributed by atoms with Gasteiger partial charge in [-0.2, -0.15) is 0 Å². The molecule has 1 unspecified atom stereocenters. The predicted octanol–water partition coefficient (Wildman–Crippen LogP) is 3.51. The Labute approximate surface area is 182 Å². The second-order valence-corrected chi connectivity index (χ2v) is 8.03. The van der Waals surface area contributed by atoms with Gasteiger partial charge in [0, 0.05) is 12.6 Å². The summed E-state index contributed by atoms with van der Waals surface area (Å²) in [5, 5.41) is 0. The van der Waals surface area contributed by atoms with Crippen LogP contribution in [0, 0.1) is 6.92 Å². The van der Waals surface area contributed by atoms with E-state index in [1.54, 1.807) is 35.0 Å². The van der Waals surface area contributed by atoms with E-state index in [-0.39, 0.29) is 5.97 Å². The zero-order chi connectivity index (χ0) is 23.2. The fraction of sp³-hybridized carbons (Fsp3) is 0.545. The van der Waals surface area contributed by atoms with Gasteiger partial charge in [0.25, 0.3) is 0 Å². The van der Waals surface area contributed by atoms with E-state index >= 15 is 0 Å². The molecule has 2 aromatic rings. The standard InChI is InChI=1S/C11H12N2O2.C11H19NO4/c1-7-11(15-3)13-10-6-8(14-2)4-5-9(10)12-7;1-11(2,3)16-10(14)12-7-5-6-8(12)9(13)15-4/h4-6H,1-3H3;8H,5-7H2,1-4H3. The van der Waals surface area contributed by atoms with Gasteiger partial charge < -0.3 is 18.9 Å². The van der Waals surface area contributed by atoms with Gasteiger partial charge in [0.15, 0.2) is 0 Å². The van der Waals surface area contributed by atoms with Crippen molar-refractivity contribution < 1.29 is 28.5 Å². The maximum absolute atomic E-state index is 11.8. The van der Waals surface area contributed by atoms with Crippen molar-refractivity contribution in [2.75, 3.05) is 27.9 Å². The zero-order valence-electron chi connectivity index (χ0n) is 19.2. The Bertz CT molecular complexity index is 925. The molecule has 0 spiro atoms. The average molecular weight is 434 g/mol. The molecule has 31 heavy (non-hydrogen) atoms. The van der Waals surface area contributed by atoms with E-state index in [1.165, 1.54) is 12.0 Å². The van der Waals surface area contributed by atoms with Crippen molar-refractivity contribution in [2.24, 2.45) is 0 Å². The van der Waals surface area contributed by atoms with E-state index < -0.39 is 17.7 Å². The van der Waals surface area contributed by atoms with Crippen LogP contribution in [0.25, 0.3) is 11.0 Å². The van der Waals surface area contributed by atoms with Crippen LogP contribution in [0.1, 0.15) is 39.3 Å². The molecule has 0 radical (unpaired) electrons. The quantitative estimate of drug-likeness (QED) is 0.678. The van der Waals surface area contributed by atoms with Crippen molar-refractivity contribution >= 4 is 23.1 Å². The van der Waals surface area contributed by atoms with Crippen LogP contribution in [0.4, 0.5) is 4.79 Å². The van der Waals surface area contributed by atoms with Crippen molar-refractivity contribution in [2.45, 2.75) is 52.2 Å².